The highest BCUT2D eigenvalue weighted by atomic mass is 16.1. The van der Waals surface area contributed by atoms with Gasteiger partial charge in [-0.15, -0.1) is 0 Å². The lowest BCUT2D eigenvalue weighted by atomic mass is 10.00. The Labute approximate surface area is 86.6 Å². The van der Waals surface area contributed by atoms with Gasteiger partial charge in [-0.3, -0.25) is 4.79 Å². The summed E-state index contributed by atoms with van der Waals surface area (Å²) in [6.45, 7) is 3.87. The van der Waals surface area contributed by atoms with Crippen molar-refractivity contribution in [2.24, 2.45) is 0 Å². The van der Waals surface area contributed by atoms with E-state index < -0.39 is 0 Å². The molecule has 1 rings (SSSR count). The van der Waals surface area contributed by atoms with E-state index in [1.807, 2.05) is 6.92 Å². The average Bonchev–Trinajstić information content (AvgIpc) is 2.20. The van der Waals surface area contributed by atoms with E-state index in [0.29, 0.717) is 12.5 Å². The van der Waals surface area contributed by atoms with Crippen LogP contribution in [0.25, 0.3) is 0 Å². The van der Waals surface area contributed by atoms with Gasteiger partial charge in [-0.05, 0) is 39.2 Å². The fourth-order valence-corrected chi connectivity index (χ4v) is 1.96. The molecule has 1 unspecified atom stereocenters. The SMILES string of the molecule is CCNC(=O)CCCC1CCCCN1. The molecule has 1 atom stereocenters. The summed E-state index contributed by atoms with van der Waals surface area (Å²) in [5.41, 5.74) is 0. The molecular formula is C11H22N2O. The Morgan fingerprint density at radius 2 is 2.36 bits per heavy atom. The molecular weight excluding hydrogens is 176 g/mol. The standard InChI is InChI=1S/C11H22N2O/c1-2-12-11(14)8-5-7-10-6-3-4-9-13-10/h10,13H,2-9H2,1H3,(H,12,14). The fraction of sp³-hybridized carbons (Fsp3) is 0.909. The number of hydrogen-bond acceptors (Lipinski definition) is 2. The molecule has 0 aromatic rings. The maximum atomic E-state index is 11.2. The molecule has 0 saturated carbocycles. The first-order chi connectivity index (χ1) is 6.83. The van der Waals surface area contributed by atoms with Crippen LogP contribution in [0.5, 0.6) is 0 Å². The van der Waals surface area contributed by atoms with Gasteiger partial charge in [-0.1, -0.05) is 6.42 Å². The summed E-state index contributed by atoms with van der Waals surface area (Å²) in [6, 6.07) is 0.665. The number of piperidine rings is 1. The highest BCUT2D eigenvalue weighted by molar-refractivity contribution is 5.75. The maximum Gasteiger partial charge on any atom is 0.219 e. The zero-order chi connectivity index (χ0) is 10.2. The van der Waals surface area contributed by atoms with Gasteiger partial charge in [0, 0.05) is 19.0 Å². The third-order valence-electron chi connectivity index (χ3n) is 2.74. The molecule has 1 aliphatic rings. The molecule has 1 amide bonds. The summed E-state index contributed by atoms with van der Waals surface area (Å²) in [4.78, 5) is 11.2. The number of carbonyl (C=O) groups is 1. The van der Waals surface area contributed by atoms with Gasteiger partial charge in [0.05, 0.1) is 0 Å². The molecule has 0 bridgehead atoms. The number of rotatable bonds is 5. The van der Waals surface area contributed by atoms with Gasteiger partial charge in [0.2, 0.25) is 5.91 Å². The van der Waals surface area contributed by atoms with E-state index in [4.69, 9.17) is 0 Å². The number of nitrogens with one attached hydrogen (secondary N) is 2. The van der Waals surface area contributed by atoms with Gasteiger partial charge in [-0.25, -0.2) is 0 Å². The van der Waals surface area contributed by atoms with Crippen molar-refractivity contribution in [3.05, 3.63) is 0 Å². The van der Waals surface area contributed by atoms with Crippen molar-refractivity contribution in [3.8, 4) is 0 Å². The van der Waals surface area contributed by atoms with Crippen LogP contribution in [0.3, 0.4) is 0 Å². The first-order valence-electron chi connectivity index (χ1n) is 5.83. The van der Waals surface area contributed by atoms with Crippen molar-refractivity contribution < 1.29 is 4.79 Å². The first-order valence-corrected chi connectivity index (χ1v) is 5.83. The molecule has 0 radical (unpaired) electrons. The molecule has 0 aromatic heterocycles. The Bertz CT molecular complexity index is 165. The average molecular weight is 198 g/mol. The van der Waals surface area contributed by atoms with Gasteiger partial charge >= 0.3 is 0 Å². The lowest BCUT2D eigenvalue weighted by Crippen LogP contribution is -2.34. The lowest BCUT2D eigenvalue weighted by Gasteiger charge is -2.23. The summed E-state index contributed by atoms with van der Waals surface area (Å²) >= 11 is 0. The smallest absolute Gasteiger partial charge is 0.219 e. The Hall–Kier alpha value is -0.570. The van der Waals surface area contributed by atoms with Crippen LogP contribution < -0.4 is 10.6 Å². The molecule has 1 aliphatic heterocycles. The topological polar surface area (TPSA) is 41.1 Å². The quantitative estimate of drug-likeness (QED) is 0.701. The summed E-state index contributed by atoms with van der Waals surface area (Å²) in [5.74, 6) is 0.198. The largest absolute Gasteiger partial charge is 0.356 e. The zero-order valence-corrected chi connectivity index (χ0v) is 9.14. The van der Waals surface area contributed by atoms with Crippen LogP contribution in [0.4, 0.5) is 0 Å². The van der Waals surface area contributed by atoms with Crippen LogP contribution in [-0.2, 0) is 4.79 Å². The summed E-state index contributed by atoms with van der Waals surface area (Å²) in [5, 5.41) is 6.32. The van der Waals surface area contributed by atoms with Crippen molar-refractivity contribution >= 4 is 5.91 Å². The second-order valence-electron chi connectivity index (χ2n) is 3.99. The minimum Gasteiger partial charge on any atom is -0.356 e. The Morgan fingerprint density at radius 3 is 3.00 bits per heavy atom. The molecule has 3 heteroatoms. The van der Waals surface area contributed by atoms with Crippen LogP contribution in [-0.4, -0.2) is 25.0 Å². The second kappa shape index (κ2) is 6.82. The van der Waals surface area contributed by atoms with Crippen molar-refractivity contribution in [2.75, 3.05) is 13.1 Å². The predicted molar refractivity (Wildman–Crippen MR) is 58.2 cm³/mol. The molecule has 0 spiro atoms. The van der Waals surface area contributed by atoms with Crippen molar-refractivity contribution in [2.45, 2.75) is 51.5 Å². The second-order valence-corrected chi connectivity index (χ2v) is 3.99. The van der Waals surface area contributed by atoms with Crippen LogP contribution in [0.1, 0.15) is 45.4 Å². The molecule has 1 fully saturated rings. The molecule has 82 valence electrons. The highest BCUT2D eigenvalue weighted by Crippen LogP contribution is 2.12. The normalized spacial score (nSPS) is 21.9. The Morgan fingerprint density at radius 1 is 1.50 bits per heavy atom. The van der Waals surface area contributed by atoms with E-state index in [0.717, 1.165) is 25.9 Å². The summed E-state index contributed by atoms with van der Waals surface area (Å²) in [6.07, 6.45) is 6.80. The van der Waals surface area contributed by atoms with E-state index in [1.165, 1.54) is 19.3 Å². The lowest BCUT2D eigenvalue weighted by molar-refractivity contribution is -0.121. The van der Waals surface area contributed by atoms with Crippen LogP contribution in [0.15, 0.2) is 0 Å². The van der Waals surface area contributed by atoms with E-state index in [2.05, 4.69) is 10.6 Å². The molecule has 1 heterocycles. The van der Waals surface area contributed by atoms with Crippen LogP contribution in [0.2, 0.25) is 0 Å². The molecule has 1 saturated heterocycles. The predicted octanol–water partition coefficient (Wildman–Crippen LogP) is 1.43. The molecule has 0 aromatic carbocycles. The third-order valence-corrected chi connectivity index (χ3v) is 2.74. The van der Waals surface area contributed by atoms with Crippen molar-refractivity contribution in [1.29, 1.82) is 0 Å². The van der Waals surface area contributed by atoms with Gasteiger partial charge in [0.25, 0.3) is 0 Å². The summed E-state index contributed by atoms with van der Waals surface area (Å²) in [7, 11) is 0. The fourth-order valence-electron chi connectivity index (χ4n) is 1.96. The molecule has 0 aliphatic carbocycles. The Balaban J connectivity index is 1.99. The number of amides is 1. The van der Waals surface area contributed by atoms with E-state index >= 15 is 0 Å². The van der Waals surface area contributed by atoms with E-state index in [9.17, 15) is 4.79 Å². The monoisotopic (exact) mass is 198 g/mol. The zero-order valence-electron chi connectivity index (χ0n) is 9.14. The van der Waals surface area contributed by atoms with E-state index in [-0.39, 0.29) is 5.91 Å². The maximum absolute atomic E-state index is 11.2. The van der Waals surface area contributed by atoms with Crippen molar-refractivity contribution in [3.63, 3.8) is 0 Å². The van der Waals surface area contributed by atoms with Gasteiger partial charge in [0.15, 0.2) is 0 Å². The minimum absolute atomic E-state index is 0.198. The Kier molecular flexibility index (Phi) is 5.60. The highest BCUT2D eigenvalue weighted by Gasteiger charge is 2.12. The minimum atomic E-state index is 0.198. The third kappa shape index (κ3) is 4.61. The van der Waals surface area contributed by atoms with Gasteiger partial charge in [0.1, 0.15) is 0 Å². The van der Waals surface area contributed by atoms with Crippen LogP contribution >= 0.6 is 0 Å². The van der Waals surface area contributed by atoms with Gasteiger partial charge in [-0.2, -0.15) is 0 Å². The number of hydrogen-bond donors (Lipinski definition) is 2. The molecule has 3 nitrogen and oxygen atoms in total. The number of carbonyl (C=O) groups excluding carboxylic acids is 1. The summed E-state index contributed by atoms with van der Waals surface area (Å²) < 4.78 is 0. The molecule has 14 heavy (non-hydrogen) atoms. The van der Waals surface area contributed by atoms with Gasteiger partial charge < -0.3 is 10.6 Å². The van der Waals surface area contributed by atoms with Crippen molar-refractivity contribution in [1.82, 2.24) is 10.6 Å². The molecule has 2 N–H and O–H groups in total. The van der Waals surface area contributed by atoms with Crippen LogP contribution in [0, 0.1) is 0 Å². The van der Waals surface area contributed by atoms with E-state index in [1.54, 1.807) is 0 Å². The first kappa shape index (κ1) is 11.5.